The molecule has 8 nitrogen and oxygen atoms in total. The Morgan fingerprint density at radius 3 is 2.44 bits per heavy atom. The summed E-state index contributed by atoms with van der Waals surface area (Å²) in [4.78, 5) is 33.4. The molecule has 8 heteroatoms. The molecule has 0 atom stereocenters. The van der Waals surface area contributed by atoms with E-state index in [9.17, 15) is 9.59 Å². The summed E-state index contributed by atoms with van der Waals surface area (Å²) in [7, 11) is 1.58. The van der Waals surface area contributed by atoms with Crippen LogP contribution in [-0.4, -0.2) is 48.8 Å². The molecule has 1 saturated heterocycles. The molecular formula is C28H28N4O4. The molecule has 1 aliphatic heterocycles. The van der Waals surface area contributed by atoms with Crippen LogP contribution in [0.5, 0.6) is 11.5 Å². The van der Waals surface area contributed by atoms with Crippen LogP contribution in [0, 0.1) is 0 Å². The van der Waals surface area contributed by atoms with Gasteiger partial charge in [-0.1, -0.05) is 30.3 Å². The highest BCUT2D eigenvalue weighted by Gasteiger charge is 2.21. The summed E-state index contributed by atoms with van der Waals surface area (Å²) < 4.78 is 12.7. The number of hydrogen-bond acceptors (Lipinski definition) is 6. The predicted molar refractivity (Wildman–Crippen MR) is 140 cm³/mol. The van der Waals surface area contributed by atoms with E-state index in [-0.39, 0.29) is 11.5 Å². The number of carbonyl (C=O) groups is 1. The molecular weight excluding hydrogens is 456 g/mol. The molecule has 1 amide bonds. The Hall–Kier alpha value is -4.33. The first-order valence-corrected chi connectivity index (χ1v) is 12.1. The fraction of sp³-hybridized carbons (Fsp3) is 0.250. The largest absolute Gasteiger partial charge is 0.493 e. The number of fused-ring (bicyclic) bond motifs is 1. The van der Waals surface area contributed by atoms with E-state index in [4.69, 9.17) is 14.5 Å². The minimum absolute atomic E-state index is 0.148. The van der Waals surface area contributed by atoms with Gasteiger partial charge in [0.15, 0.2) is 11.5 Å². The minimum Gasteiger partial charge on any atom is -0.493 e. The van der Waals surface area contributed by atoms with Crippen LogP contribution >= 0.6 is 0 Å². The van der Waals surface area contributed by atoms with Crippen molar-refractivity contribution in [3.8, 4) is 17.2 Å². The monoisotopic (exact) mass is 484 g/mol. The number of amides is 1. The fourth-order valence-corrected chi connectivity index (χ4v) is 4.42. The lowest BCUT2D eigenvalue weighted by Gasteiger charge is -2.22. The van der Waals surface area contributed by atoms with Gasteiger partial charge in [-0.2, -0.15) is 0 Å². The molecule has 4 aromatic rings. The minimum atomic E-state index is -0.253. The lowest BCUT2D eigenvalue weighted by molar-refractivity contribution is 0.0947. The van der Waals surface area contributed by atoms with Crippen molar-refractivity contribution in [1.29, 1.82) is 0 Å². The number of carbonyl (C=O) groups excluding carboxylic acids is 1. The highest BCUT2D eigenvalue weighted by atomic mass is 16.5. The van der Waals surface area contributed by atoms with E-state index in [0.29, 0.717) is 47.1 Å². The molecule has 1 aliphatic rings. The van der Waals surface area contributed by atoms with Crippen molar-refractivity contribution in [1.82, 2.24) is 14.9 Å². The summed E-state index contributed by atoms with van der Waals surface area (Å²) >= 11 is 0. The van der Waals surface area contributed by atoms with Crippen LogP contribution < -0.4 is 25.2 Å². The lowest BCUT2D eigenvalue weighted by Crippen LogP contribution is -2.31. The topological polar surface area (TPSA) is 85.7 Å². The number of nitrogens with zero attached hydrogens (tertiary/aromatic N) is 3. The molecule has 0 spiro atoms. The Bertz CT molecular complexity index is 1430. The third-order valence-electron chi connectivity index (χ3n) is 6.23. The Kier molecular flexibility index (Phi) is 6.84. The van der Waals surface area contributed by atoms with Crippen molar-refractivity contribution in [3.63, 3.8) is 0 Å². The fourth-order valence-electron chi connectivity index (χ4n) is 4.42. The van der Waals surface area contributed by atoms with E-state index >= 15 is 0 Å². The highest BCUT2D eigenvalue weighted by Crippen LogP contribution is 2.26. The van der Waals surface area contributed by atoms with Crippen molar-refractivity contribution in [2.75, 3.05) is 38.3 Å². The van der Waals surface area contributed by atoms with Crippen LogP contribution in [0.15, 0.2) is 77.6 Å². The van der Waals surface area contributed by atoms with Crippen molar-refractivity contribution in [2.45, 2.75) is 12.8 Å². The van der Waals surface area contributed by atoms with E-state index in [1.807, 2.05) is 54.6 Å². The number of benzene rings is 3. The molecule has 1 aromatic heterocycles. The number of rotatable bonds is 8. The van der Waals surface area contributed by atoms with Gasteiger partial charge < -0.3 is 19.7 Å². The van der Waals surface area contributed by atoms with Gasteiger partial charge in [0.05, 0.1) is 30.2 Å². The lowest BCUT2D eigenvalue weighted by atomic mass is 10.1. The Balaban J connectivity index is 1.38. The molecule has 0 aliphatic carbocycles. The Morgan fingerprint density at radius 1 is 0.972 bits per heavy atom. The van der Waals surface area contributed by atoms with Gasteiger partial charge in [-0.25, -0.2) is 9.55 Å². The third kappa shape index (κ3) is 4.75. The second kappa shape index (κ2) is 10.5. The van der Waals surface area contributed by atoms with E-state index in [2.05, 4.69) is 10.2 Å². The van der Waals surface area contributed by atoms with Crippen LogP contribution in [0.4, 0.5) is 5.95 Å². The summed E-state index contributed by atoms with van der Waals surface area (Å²) in [6, 6.07) is 21.9. The predicted octanol–water partition coefficient (Wildman–Crippen LogP) is 3.80. The van der Waals surface area contributed by atoms with Crippen LogP contribution in [-0.2, 0) is 0 Å². The van der Waals surface area contributed by atoms with Gasteiger partial charge >= 0.3 is 0 Å². The Labute approximate surface area is 209 Å². The second-order valence-electron chi connectivity index (χ2n) is 8.57. The molecule has 0 bridgehead atoms. The van der Waals surface area contributed by atoms with Gasteiger partial charge in [0.1, 0.15) is 6.61 Å². The number of para-hydroxylation sites is 3. The van der Waals surface area contributed by atoms with Gasteiger partial charge in [0, 0.05) is 18.7 Å². The molecule has 5 rings (SSSR count). The number of hydrogen-bond donors (Lipinski definition) is 1. The maximum Gasteiger partial charge on any atom is 0.267 e. The van der Waals surface area contributed by atoms with Crippen molar-refractivity contribution in [2.24, 2.45) is 0 Å². The molecule has 1 fully saturated rings. The average molecular weight is 485 g/mol. The SMILES string of the molecule is COc1ccccc1OCCNC(=O)c1ccc2c(=O)n(-c3ccccc3)c(N3CCCC3)nc2c1. The maximum absolute atomic E-state index is 13.6. The normalized spacial score (nSPS) is 13.1. The standard InChI is InChI=1S/C28H28N4O4/c1-35-24-11-5-6-12-25(24)36-18-15-29-26(33)20-13-14-22-23(19-20)30-28(31-16-7-8-17-31)32(27(22)34)21-9-3-2-4-10-21/h2-6,9-14,19H,7-8,15-18H2,1H3,(H,29,33). The van der Waals surface area contributed by atoms with Gasteiger partial charge in [-0.05, 0) is 55.3 Å². The number of aromatic nitrogens is 2. The number of ether oxygens (including phenoxy) is 2. The number of nitrogens with one attached hydrogen (secondary N) is 1. The average Bonchev–Trinajstić information content (AvgIpc) is 3.46. The summed E-state index contributed by atoms with van der Waals surface area (Å²) in [6.07, 6.45) is 2.12. The first-order chi connectivity index (χ1) is 17.7. The van der Waals surface area contributed by atoms with Crippen molar-refractivity contribution < 1.29 is 14.3 Å². The van der Waals surface area contributed by atoms with Gasteiger partial charge in [-0.15, -0.1) is 0 Å². The molecule has 2 heterocycles. The molecule has 184 valence electrons. The Morgan fingerprint density at radius 2 is 1.69 bits per heavy atom. The second-order valence-corrected chi connectivity index (χ2v) is 8.57. The van der Waals surface area contributed by atoms with Crippen LogP contribution in [0.1, 0.15) is 23.2 Å². The molecule has 0 radical (unpaired) electrons. The van der Waals surface area contributed by atoms with Crippen LogP contribution in [0.25, 0.3) is 16.6 Å². The maximum atomic E-state index is 13.6. The number of methoxy groups -OCH3 is 1. The molecule has 0 saturated carbocycles. The van der Waals surface area contributed by atoms with Gasteiger partial charge in [-0.3, -0.25) is 9.59 Å². The van der Waals surface area contributed by atoms with Gasteiger partial charge in [0.2, 0.25) is 5.95 Å². The van der Waals surface area contributed by atoms with Crippen molar-refractivity contribution >= 4 is 22.8 Å². The van der Waals surface area contributed by atoms with Gasteiger partial charge in [0.25, 0.3) is 11.5 Å². The molecule has 1 N–H and O–H groups in total. The molecule has 36 heavy (non-hydrogen) atoms. The molecule has 3 aromatic carbocycles. The highest BCUT2D eigenvalue weighted by molar-refractivity contribution is 5.97. The summed E-state index contributed by atoms with van der Waals surface area (Å²) in [5, 5.41) is 3.34. The first kappa shape index (κ1) is 23.4. The first-order valence-electron chi connectivity index (χ1n) is 12.1. The molecule has 0 unspecified atom stereocenters. The van der Waals surface area contributed by atoms with E-state index in [0.717, 1.165) is 31.6 Å². The van der Waals surface area contributed by atoms with Crippen LogP contribution in [0.2, 0.25) is 0 Å². The zero-order valence-corrected chi connectivity index (χ0v) is 20.1. The summed E-state index contributed by atoms with van der Waals surface area (Å²) in [5.74, 6) is 1.61. The number of anilines is 1. The van der Waals surface area contributed by atoms with Crippen molar-refractivity contribution in [3.05, 3.63) is 88.7 Å². The zero-order chi connectivity index (χ0) is 24.9. The zero-order valence-electron chi connectivity index (χ0n) is 20.1. The van der Waals surface area contributed by atoms with Crippen LogP contribution in [0.3, 0.4) is 0 Å². The summed E-state index contributed by atoms with van der Waals surface area (Å²) in [6.45, 7) is 2.30. The quantitative estimate of drug-likeness (QED) is 0.383. The third-order valence-corrected chi connectivity index (χ3v) is 6.23. The van der Waals surface area contributed by atoms with E-state index < -0.39 is 0 Å². The van der Waals surface area contributed by atoms with E-state index in [1.165, 1.54) is 0 Å². The smallest absolute Gasteiger partial charge is 0.267 e. The summed E-state index contributed by atoms with van der Waals surface area (Å²) in [5.41, 5.74) is 1.57. The van der Waals surface area contributed by atoms with E-state index in [1.54, 1.807) is 29.9 Å².